The van der Waals surface area contributed by atoms with Crippen LogP contribution in [0.15, 0.2) is 23.1 Å². The van der Waals surface area contributed by atoms with E-state index >= 15 is 0 Å². The van der Waals surface area contributed by atoms with Gasteiger partial charge in [-0.2, -0.15) is 4.72 Å². The number of nitrogens with one attached hydrogen (secondary N) is 2. The van der Waals surface area contributed by atoms with Crippen LogP contribution < -0.4 is 14.8 Å². The van der Waals surface area contributed by atoms with Crippen LogP contribution in [0, 0.1) is 0 Å². The van der Waals surface area contributed by atoms with Crippen LogP contribution in [0.1, 0.15) is 13.8 Å². The lowest BCUT2D eigenvalue weighted by Gasteiger charge is -2.24. The average molecular weight is 344 g/mol. The van der Waals surface area contributed by atoms with Gasteiger partial charge in [-0.1, -0.05) is 0 Å². The summed E-state index contributed by atoms with van der Waals surface area (Å²) in [6.07, 6.45) is -2.13. The Morgan fingerprint density at radius 1 is 1.43 bits per heavy atom. The number of carbonyl (C=O) groups excluding carboxylic acids is 1. The third-order valence-corrected chi connectivity index (χ3v) is 4.66. The zero-order chi connectivity index (χ0) is 17.4. The van der Waals surface area contributed by atoms with Gasteiger partial charge in [0, 0.05) is 0 Å². The molecule has 0 fully saturated rings. The van der Waals surface area contributed by atoms with Crippen LogP contribution in [0.25, 0.3) is 0 Å². The van der Waals surface area contributed by atoms with Crippen molar-refractivity contribution in [1.82, 2.24) is 4.72 Å². The first-order valence-electron chi connectivity index (χ1n) is 6.66. The van der Waals surface area contributed by atoms with Gasteiger partial charge >= 0.3 is 5.97 Å². The summed E-state index contributed by atoms with van der Waals surface area (Å²) in [7, 11) is -4.21. The van der Waals surface area contributed by atoms with Crippen LogP contribution in [0.4, 0.5) is 5.69 Å². The van der Waals surface area contributed by atoms with E-state index in [0.717, 1.165) is 13.0 Å². The first kappa shape index (κ1) is 17.2. The number of aliphatic hydroxyl groups is 1. The molecule has 1 aliphatic heterocycles. The van der Waals surface area contributed by atoms with Crippen LogP contribution in [0.2, 0.25) is 0 Å². The molecule has 1 aromatic rings. The van der Waals surface area contributed by atoms with E-state index in [9.17, 15) is 23.1 Å². The molecule has 10 heteroatoms. The summed E-state index contributed by atoms with van der Waals surface area (Å²) in [4.78, 5) is 22.3. The van der Waals surface area contributed by atoms with Gasteiger partial charge in [-0.25, -0.2) is 8.42 Å². The zero-order valence-corrected chi connectivity index (χ0v) is 13.1. The number of hydrogen-bond acceptors (Lipinski definition) is 6. The molecule has 1 aliphatic rings. The fourth-order valence-corrected chi connectivity index (χ4v) is 3.23. The molecule has 1 aromatic carbocycles. The number of fused-ring (bicyclic) bond motifs is 1. The van der Waals surface area contributed by atoms with Crippen molar-refractivity contribution >= 4 is 27.6 Å². The van der Waals surface area contributed by atoms with Crippen LogP contribution >= 0.6 is 0 Å². The average Bonchev–Trinajstić information content (AvgIpc) is 2.45. The van der Waals surface area contributed by atoms with Crippen LogP contribution in [-0.4, -0.2) is 48.8 Å². The van der Waals surface area contributed by atoms with Crippen molar-refractivity contribution in [1.29, 1.82) is 0 Å². The maximum atomic E-state index is 12.2. The Labute approximate surface area is 132 Å². The van der Waals surface area contributed by atoms with Gasteiger partial charge in [0.2, 0.25) is 10.0 Å². The first-order valence-corrected chi connectivity index (χ1v) is 8.15. The molecule has 3 unspecified atom stereocenters. The number of aliphatic carboxylic acids is 1. The van der Waals surface area contributed by atoms with Crippen molar-refractivity contribution in [2.24, 2.45) is 0 Å². The topological polar surface area (TPSA) is 142 Å². The van der Waals surface area contributed by atoms with E-state index in [2.05, 4.69) is 5.32 Å². The number of aliphatic hydroxyl groups excluding tert-OH is 1. The van der Waals surface area contributed by atoms with Gasteiger partial charge in [-0.3, -0.25) is 9.59 Å². The Morgan fingerprint density at radius 2 is 2.09 bits per heavy atom. The quantitative estimate of drug-likeness (QED) is 0.565. The minimum Gasteiger partial charge on any atom is -0.480 e. The monoisotopic (exact) mass is 344 g/mol. The molecule has 0 aliphatic carbocycles. The largest absolute Gasteiger partial charge is 0.480 e. The SMILES string of the molecule is CC1Oc2ccc(S(=O)(=O)NC(C(=O)O)C(C)O)cc2NC1=O. The molecule has 4 N–H and O–H groups in total. The Balaban J connectivity index is 2.33. The number of amides is 1. The third-order valence-electron chi connectivity index (χ3n) is 3.22. The summed E-state index contributed by atoms with van der Waals surface area (Å²) in [5, 5.41) is 20.8. The molecule has 0 radical (unpaired) electrons. The normalized spacial score (nSPS) is 20.0. The molecule has 0 aromatic heterocycles. The predicted octanol–water partition coefficient (Wildman–Crippen LogP) is -0.482. The number of carboxylic acid groups (broad SMARTS) is 1. The van der Waals surface area contributed by atoms with Crippen LogP contribution in [-0.2, 0) is 19.6 Å². The molecule has 9 nitrogen and oxygen atoms in total. The van der Waals surface area contributed by atoms with E-state index in [1.165, 1.54) is 12.1 Å². The lowest BCUT2D eigenvalue weighted by atomic mass is 10.2. The fraction of sp³-hybridized carbons (Fsp3) is 0.385. The highest BCUT2D eigenvalue weighted by molar-refractivity contribution is 7.89. The van der Waals surface area contributed by atoms with Gasteiger partial charge in [0.05, 0.1) is 16.7 Å². The Morgan fingerprint density at radius 3 is 2.65 bits per heavy atom. The molecule has 126 valence electrons. The van der Waals surface area contributed by atoms with E-state index < -0.39 is 40.1 Å². The molecule has 2 rings (SSSR count). The number of sulfonamides is 1. The van der Waals surface area contributed by atoms with Crippen molar-refractivity contribution in [3.63, 3.8) is 0 Å². The second-order valence-corrected chi connectivity index (χ2v) is 6.80. The van der Waals surface area contributed by atoms with Crippen molar-refractivity contribution in [3.05, 3.63) is 18.2 Å². The van der Waals surface area contributed by atoms with Gasteiger partial charge in [0.15, 0.2) is 6.10 Å². The predicted molar refractivity (Wildman–Crippen MR) is 78.6 cm³/mol. The van der Waals surface area contributed by atoms with Gasteiger partial charge in [0.25, 0.3) is 5.91 Å². The van der Waals surface area contributed by atoms with Crippen molar-refractivity contribution < 1.29 is 33.0 Å². The van der Waals surface area contributed by atoms with Gasteiger partial charge in [-0.05, 0) is 32.0 Å². The van der Waals surface area contributed by atoms with Crippen molar-refractivity contribution in [2.75, 3.05) is 5.32 Å². The lowest BCUT2D eigenvalue weighted by molar-refractivity contribution is -0.141. The molecule has 0 saturated carbocycles. The van der Waals surface area contributed by atoms with E-state index in [0.29, 0.717) is 5.75 Å². The standard InChI is InChI=1S/C13H16N2O7S/c1-6(16)11(13(18)19)15-23(20,21)8-3-4-10-9(5-8)14-12(17)7(2)22-10/h3-7,11,15-16H,1-2H3,(H,14,17)(H,18,19). The van der Waals surface area contributed by atoms with Crippen LogP contribution in [0.3, 0.4) is 0 Å². The lowest BCUT2D eigenvalue weighted by Crippen LogP contribution is -2.47. The Bertz CT molecular complexity index is 745. The zero-order valence-electron chi connectivity index (χ0n) is 12.3. The fourth-order valence-electron chi connectivity index (χ4n) is 1.95. The summed E-state index contributed by atoms with van der Waals surface area (Å²) in [6, 6.07) is 2.04. The summed E-state index contributed by atoms with van der Waals surface area (Å²) in [5.41, 5.74) is 0.167. The number of anilines is 1. The highest BCUT2D eigenvalue weighted by Gasteiger charge is 2.31. The van der Waals surface area contributed by atoms with E-state index in [4.69, 9.17) is 9.84 Å². The highest BCUT2D eigenvalue weighted by Crippen LogP contribution is 2.31. The molecular formula is C13H16N2O7S. The molecule has 0 saturated heterocycles. The van der Waals surface area contributed by atoms with E-state index in [-0.39, 0.29) is 10.6 Å². The Hall–Kier alpha value is -2.17. The summed E-state index contributed by atoms with van der Waals surface area (Å²) >= 11 is 0. The second-order valence-electron chi connectivity index (χ2n) is 5.09. The van der Waals surface area contributed by atoms with E-state index in [1.54, 1.807) is 6.92 Å². The number of rotatable bonds is 5. The van der Waals surface area contributed by atoms with Crippen LogP contribution in [0.5, 0.6) is 5.75 Å². The highest BCUT2D eigenvalue weighted by atomic mass is 32.2. The van der Waals surface area contributed by atoms with Gasteiger partial charge < -0.3 is 20.3 Å². The van der Waals surface area contributed by atoms with E-state index in [1.807, 2.05) is 4.72 Å². The smallest absolute Gasteiger partial charge is 0.324 e. The molecule has 3 atom stereocenters. The summed E-state index contributed by atoms with van der Waals surface area (Å²) in [6.45, 7) is 2.70. The molecule has 0 spiro atoms. The summed E-state index contributed by atoms with van der Waals surface area (Å²) in [5.74, 6) is -1.62. The number of benzene rings is 1. The minimum absolute atomic E-state index is 0.167. The molecule has 1 amide bonds. The molecule has 23 heavy (non-hydrogen) atoms. The number of hydrogen-bond donors (Lipinski definition) is 4. The maximum absolute atomic E-state index is 12.2. The molecule has 0 bridgehead atoms. The minimum atomic E-state index is -4.21. The third kappa shape index (κ3) is 3.60. The number of carboxylic acids is 1. The molecular weight excluding hydrogens is 328 g/mol. The number of carbonyl (C=O) groups is 2. The number of ether oxygens (including phenoxy) is 1. The Kier molecular flexibility index (Phi) is 4.59. The summed E-state index contributed by atoms with van der Waals surface area (Å²) < 4.78 is 31.7. The van der Waals surface area contributed by atoms with Crippen molar-refractivity contribution in [2.45, 2.75) is 37.0 Å². The van der Waals surface area contributed by atoms with Gasteiger partial charge in [-0.15, -0.1) is 0 Å². The molecule has 1 heterocycles. The first-order chi connectivity index (χ1) is 10.6. The second kappa shape index (κ2) is 6.14. The van der Waals surface area contributed by atoms with Crippen molar-refractivity contribution in [3.8, 4) is 5.75 Å². The van der Waals surface area contributed by atoms with Gasteiger partial charge in [0.1, 0.15) is 11.8 Å². The maximum Gasteiger partial charge on any atom is 0.324 e.